The molecule has 0 aromatic carbocycles. The highest BCUT2D eigenvalue weighted by atomic mass is 16.7. The second-order valence-electron chi connectivity index (χ2n) is 4.17. The quantitative estimate of drug-likeness (QED) is 0.237. The molecule has 98 valence electrons. The van der Waals surface area contributed by atoms with Gasteiger partial charge in [-0.2, -0.15) is 0 Å². The van der Waals surface area contributed by atoms with Crippen molar-refractivity contribution in [2.24, 2.45) is 5.73 Å². The Morgan fingerprint density at radius 3 is 1.88 bits per heavy atom. The second-order valence-corrected chi connectivity index (χ2v) is 4.17. The highest BCUT2D eigenvalue weighted by Crippen LogP contribution is 2.21. The minimum atomic E-state index is -3.60. The summed E-state index contributed by atoms with van der Waals surface area (Å²) in [6, 6.07) is -1.31. The van der Waals surface area contributed by atoms with Gasteiger partial charge in [-0.15, -0.1) is 0 Å². The standard InChI is InChI=1S/C10H23NO5/c1-2-3-4-5-6-7-8(11)9(12,13)10(14,15)16/h8,12-16H,2-7,11H2,1H3. The molecule has 6 heteroatoms. The van der Waals surface area contributed by atoms with Crippen molar-refractivity contribution >= 4 is 0 Å². The maximum atomic E-state index is 9.20. The lowest BCUT2D eigenvalue weighted by Crippen LogP contribution is -2.64. The topological polar surface area (TPSA) is 127 Å². The molecule has 0 aliphatic heterocycles. The summed E-state index contributed by atoms with van der Waals surface area (Å²) in [4.78, 5) is 0. The van der Waals surface area contributed by atoms with Crippen LogP contribution in [-0.4, -0.2) is 43.3 Å². The van der Waals surface area contributed by atoms with E-state index in [1.165, 1.54) is 0 Å². The molecule has 16 heavy (non-hydrogen) atoms. The van der Waals surface area contributed by atoms with Crippen LogP contribution in [0.3, 0.4) is 0 Å². The molecule has 0 saturated heterocycles. The third kappa shape index (κ3) is 4.73. The molecule has 6 nitrogen and oxygen atoms in total. The summed E-state index contributed by atoms with van der Waals surface area (Å²) in [6.45, 7) is 2.08. The van der Waals surface area contributed by atoms with Gasteiger partial charge in [-0.05, 0) is 6.42 Å². The Morgan fingerprint density at radius 2 is 1.44 bits per heavy atom. The van der Waals surface area contributed by atoms with Crippen molar-refractivity contribution in [3.8, 4) is 0 Å². The molecule has 0 aromatic heterocycles. The van der Waals surface area contributed by atoms with E-state index in [2.05, 4.69) is 6.92 Å². The highest BCUT2D eigenvalue weighted by Gasteiger charge is 2.50. The third-order valence-corrected chi connectivity index (χ3v) is 2.63. The lowest BCUT2D eigenvalue weighted by Gasteiger charge is -2.34. The fourth-order valence-electron chi connectivity index (χ4n) is 1.42. The van der Waals surface area contributed by atoms with Crippen molar-refractivity contribution in [2.45, 2.75) is 63.3 Å². The zero-order valence-electron chi connectivity index (χ0n) is 9.63. The molecule has 0 fully saturated rings. The number of hydrogen-bond donors (Lipinski definition) is 6. The summed E-state index contributed by atoms with van der Waals surface area (Å²) in [6.07, 6.45) is 4.94. The van der Waals surface area contributed by atoms with Gasteiger partial charge in [-0.3, -0.25) is 0 Å². The van der Waals surface area contributed by atoms with Crippen molar-refractivity contribution < 1.29 is 25.5 Å². The van der Waals surface area contributed by atoms with Crippen LogP contribution in [0.4, 0.5) is 0 Å². The minimum Gasteiger partial charge on any atom is -0.358 e. The Kier molecular flexibility index (Phi) is 6.39. The molecule has 7 N–H and O–H groups in total. The van der Waals surface area contributed by atoms with E-state index in [1.54, 1.807) is 0 Å². The molecule has 1 unspecified atom stereocenters. The van der Waals surface area contributed by atoms with E-state index in [0.717, 1.165) is 25.7 Å². The van der Waals surface area contributed by atoms with Gasteiger partial charge in [0.2, 0.25) is 0 Å². The summed E-state index contributed by atoms with van der Waals surface area (Å²) in [5, 5.41) is 44.5. The van der Waals surface area contributed by atoms with E-state index in [9.17, 15) is 10.2 Å². The van der Waals surface area contributed by atoms with Crippen molar-refractivity contribution in [2.75, 3.05) is 0 Å². The predicted molar refractivity (Wildman–Crippen MR) is 57.9 cm³/mol. The van der Waals surface area contributed by atoms with Crippen LogP contribution in [0.15, 0.2) is 0 Å². The van der Waals surface area contributed by atoms with Crippen LogP contribution >= 0.6 is 0 Å². The molecule has 0 bridgehead atoms. The van der Waals surface area contributed by atoms with Crippen LogP contribution in [0.2, 0.25) is 0 Å². The summed E-state index contributed by atoms with van der Waals surface area (Å²) < 4.78 is 0. The molecule has 1 atom stereocenters. The predicted octanol–water partition coefficient (Wildman–Crippen LogP) is -1.01. The van der Waals surface area contributed by atoms with Crippen molar-refractivity contribution in [3.63, 3.8) is 0 Å². The van der Waals surface area contributed by atoms with E-state index in [0.29, 0.717) is 6.42 Å². The molecule has 0 spiro atoms. The Morgan fingerprint density at radius 1 is 0.938 bits per heavy atom. The molecule has 0 radical (unpaired) electrons. The van der Waals surface area contributed by atoms with Gasteiger partial charge in [0.25, 0.3) is 5.79 Å². The van der Waals surface area contributed by atoms with Crippen LogP contribution in [0, 0.1) is 0 Å². The van der Waals surface area contributed by atoms with Crippen molar-refractivity contribution in [3.05, 3.63) is 0 Å². The van der Waals surface area contributed by atoms with Crippen molar-refractivity contribution in [1.82, 2.24) is 0 Å². The van der Waals surface area contributed by atoms with Gasteiger partial charge in [-0.1, -0.05) is 39.0 Å². The summed E-state index contributed by atoms with van der Waals surface area (Å²) in [5.41, 5.74) is 5.37. The molecule has 0 heterocycles. The molecule has 0 aromatic rings. The van der Waals surface area contributed by atoms with Crippen LogP contribution in [0.25, 0.3) is 0 Å². The van der Waals surface area contributed by atoms with Crippen LogP contribution in [0.1, 0.15) is 45.4 Å². The van der Waals surface area contributed by atoms with Gasteiger partial charge >= 0.3 is 5.97 Å². The van der Waals surface area contributed by atoms with E-state index in [-0.39, 0.29) is 6.42 Å². The maximum absolute atomic E-state index is 9.20. The highest BCUT2D eigenvalue weighted by molar-refractivity contribution is 4.84. The fourth-order valence-corrected chi connectivity index (χ4v) is 1.42. The Labute approximate surface area is 95.3 Å². The summed E-state index contributed by atoms with van der Waals surface area (Å²) >= 11 is 0. The van der Waals surface area contributed by atoms with E-state index in [4.69, 9.17) is 21.1 Å². The van der Waals surface area contributed by atoms with Gasteiger partial charge in [0.15, 0.2) is 0 Å². The fraction of sp³-hybridized carbons (Fsp3) is 1.00. The number of rotatable bonds is 8. The Hall–Kier alpha value is -0.240. The number of aliphatic hydroxyl groups is 5. The van der Waals surface area contributed by atoms with Gasteiger partial charge in [0, 0.05) is 0 Å². The summed E-state index contributed by atoms with van der Waals surface area (Å²) in [7, 11) is 0. The molecular formula is C10H23NO5. The zero-order valence-corrected chi connectivity index (χ0v) is 9.63. The molecule has 0 saturated carbocycles. The first-order valence-electron chi connectivity index (χ1n) is 5.61. The van der Waals surface area contributed by atoms with Crippen molar-refractivity contribution in [1.29, 1.82) is 0 Å². The van der Waals surface area contributed by atoms with Gasteiger partial charge in [0.1, 0.15) is 0 Å². The number of nitrogens with two attached hydrogens (primary N) is 1. The molecule has 0 aliphatic carbocycles. The van der Waals surface area contributed by atoms with Crippen LogP contribution in [-0.2, 0) is 0 Å². The largest absolute Gasteiger partial charge is 0.358 e. The molecule has 0 aliphatic rings. The number of hydrogen-bond acceptors (Lipinski definition) is 6. The second kappa shape index (κ2) is 6.48. The molecule has 0 rings (SSSR count). The average molecular weight is 237 g/mol. The van der Waals surface area contributed by atoms with Crippen LogP contribution in [0.5, 0.6) is 0 Å². The molecule has 0 amide bonds. The average Bonchev–Trinajstić information content (AvgIpc) is 2.15. The number of unbranched alkanes of at least 4 members (excludes halogenated alkanes) is 4. The first kappa shape index (κ1) is 15.8. The van der Waals surface area contributed by atoms with E-state index >= 15 is 0 Å². The minimum absolute atomic E-state index is 0.195. The van der Waals surface area contributed by atoms with E-state index in [1.807, 2.05) is 0 Å². The first-order valence-corrected chi connectivity index (χ1v) is 5.61. The SMILES string of the molecule is CCCCCCCC(N)C(O)(O)C(O)(O)O. The third-order valence-electron chi connectivity index (χ3n) is 2.63. The Bertz CT molecular complexity index is 190. The normalized spacial score (nSPS) is 15.2. The van der Waals surface area contributed by atoms with Gasteiger partial charge in [0.05, 0.1) is 6.04 Å². The zero-order chi connectivity index (χ0) is 12.8. The maximum Gasteiger partial charge on any atom is 0.334 e. The monoisotopic (exact) mass is 237 g/mol. The van der Waals surface area contributed by atoms with Gasteiger partial charge < -0.3 is 31.3 Å². The van der Waals surface area contributed by atoms with Crippen LogP contribution < -0.4 is 5.73 Å². The first-order chi connectivity index (χ1) is 7.23. The smallest absolute Gasteiger partial charge is 0.334 e. The summed E-state index contributed by atoms with van der Waals surface area (Å²) in [5.74, 6) is -6.71. The lowest BCUT2D eigenvalue weighted by atomic mass is 9.98. The van der Waals surface area contributed by atoms with E-state index < -0.39 is 17.8 Å². The Balaban J connectivity index is 3.92. The molecular weight excluding hydrogens is 214 g/mol. The van der Waals surface area contributed by atoms with Gasteiger partial charge in [-0.25, -0.2) is 0 Å². The lowest BCUT2D eigenvalue weighted by molar-refractivity contribution is -0.451.